The summed E-state index contributed by atoms with van der Waals surface area (Å²) in [4.78, 5) is 82.6. The molecule has 0 heterocycles. The standard InChI is InChI=1S/C65H113NO8/c1-5-9-13-17-21-25-27-29-31-33-35-39-41-45-49-53-59(67)58(57-63(71)73-61(69)55-51-47-43-37-23-19-15-11-7-3)65(66,64(72)74-62(70)56-52-48-44-38-24-20-16-12-8-4)60(68)54-50-46-42-40-36-34-32-30-28-26-22-18-14-10-6-2/h21-22,25-26,29-32,58H,5-20,23-24,27-28,33-57,66H2,1-4H3/b25-21-,26-22-,31-29-,32-30-/t58?,65-/m1/s1. The van der Waals surface area contributed by atoms with Gasteiger partial charge in [0.25, 0.3) is 0 Å². The zero-order chi connectivity index (χ0) is 54.4. The highest BCUT2D eigenvalue weighted by atomic mass is 16.6. The van der Waals surface area contributed by atoms with Crippen molar-refractivity contribution in [2.24, 2.45) is 11.7 Å². The van der Waals surface area contributed by atoms with Gasteiger partial charge in [0.15, 0.2) is 11.3 Å². The van der Waals surface area contributed by atoms with E-state index >= 15 is 0 Å². The van der Waals surface area contributed by atoms with Crippen LogP contribution in [0.25, 0.3) is 0 Å². The van der Waals surface area contributed by atoms with Crippen LogP contribution in [0.1, 0.15) is 317 Å². The molecule has 0 aliphatic heterocycles. The predicted octanol–water partition coefficient (Wildman–Crippen LogP) is 18.4. The number of rotatable bonds is 54. The Hall–Kier alpha value is -3.46. The molecule has 0 aliphatic carbocycles. The molecule has 74 heavy (non-hydrogen) atoms. The third kappa shape index (κ3) is 41.7. The van der Waals surface area contributed by atoms with Crippen LogP contribution in [-0.2, 0) is 38.2 Å². The van der Waals surface area contributed by atoms with Gasteiger partial charge in [-0.3, -0.25) is 24.0 Å². The van der Waals surface area contributed by atoms with Gasteiger partial charge in [0, 0.05) is 25.7 Å². The van der Waals surface area contributed by atoms with Crippen molar-refractivity contribution in [2.45, 2.75) is 322 Å². The molecule has 0 aromatic carbocycles. The smallest absolute Gasteiger partial charge is 0.342 e. The van der Waals surface area contributed by atoms with Gasteiger partial charge in [-0.2, -0.15) is 0 Å². The van der Waals surface area contributed by atoms with Crippen molar-refractivity contribution in [2.75, 3.05) is 0 Å². The van der Waals surface area contributed by atoms with E-state index in [4.69, 9.17) is 15.2 Å². The first kappa shape index (κ1) is 70.5. The fourth-order valence-corrected chi connectivity index (χ4v) is 9.35. The third-order valence-electron chi connectivity index (χ3n) is 14.2. The van der Waals surface area contributed by atoms with Crippen LogP contribution in [0.2, 0.25) is 0 Å². The summed E-state index contributed by atoms with van der Waals surface area (Å²) in [5.74, 6) is -6.78. The van der Waals surface area contributed by atoms with Gasteiger partial charge < -0.3 is 15.2 Å². The summed E-state index contributed by atoms with van der Waals surface area (Å²) in [6.07, 6.45) is 57.6. The quantitative estimate of drug-likeness (QED) is 0.0272. The summed E-state index contributed by atoms with van der Waals surface area (Å²) in [6, 6.07) is 0. The van der Waals surface area contributed by atoms with E-state index in [1.165, 1.54) is 89.9 Å². The number of allylic oxidation sites excluding steroid dienone is 8. The first-order chi connectivity index (χ1) is 36.1. The molecule has 9 nitrogen and oxygen atoms in total. The second kappa shape index (κ2) is 53.0. The van der Waals surface area contributed by atoms with E-state index in [2.05, 4.69) is 76.3 Å². The minimum absolute atomic E-state index is 0.0234. The maximum Gasteiger partial charge on any atom is 0.342 e. The highest BCUT2D eigenvalue weighted by Gasteiger charge is 2.53. The summed E-state index contributed by atoms with van der Waals surface area (Å²) in [7, 11) is 0. The summed E-state index contributed by atoms with van der Waals surface area (Å²) in [5, 5.41) is 0. The Bertz CT molecular complexity index is 1530. The predicted molar refractivity (Wildman–Crippen MR) is 310 cm³/mol. The molecule has 0 saturated carbocycles. The molecule has 0 aromatic rings. The van der Waals surface area contributed by atoms with Crippen LogP contribution in [0.3, 0.4) is 0 Å². The van der Waals surface area contributed by atoms with Gasteiger partial charge in [-0.15, -0.1) is 0 Å². The second-order valence-electron chi connectivity index (χ2n) is 21.2. The molecular weight excluding hydrogens is 923 g/mol. The van der Waals surface area contributed by atoms with Crippen molar-refractivity contribution in [1.29, 1.82) is 0 Å². The van der Waals surface area contributed by atoms with Crippen LogP contribution in [0, 0.1) is 5.92 Å². The lowest BCUT2D eigenvalue weighted by Gasteiger charge is -2.32. The summed E-state index contributed by atoms with van der Waals surface area (Å²) in [5.41, 5.74) is 4.27. The monoisotopic (exact) mass is 1040 g/mol. The molecule has 0 radical (unpaired) electrons. The number of carbonyl (C=O) groups excluding carboxylic acids is 6. The van der Waals surface area contributed by atoms with E-state index in [9.17, 15) is 28.8 Å². The minimum Gasteiger partial charge on any atom is -0.393 e. The Labute approximate surface area is 454 Å². The van der Waals surface area contributed by atoms with Gasteiger partial charge in [0.1, 0.15) is 5.78 Å². The van der Waals surface area contributed by atoms with Gasteiger partial charge in [-0.25, -0.2) is 4.79 Å². The summed E-state index contributed by atoms with van der Waals surface area (Å²) >= 11 is 0. The number of hydrogen-bond donors (Lipinski definition) is 1. The van der Waals surface area contributed by atoms with Gasteiger partial charge in [0.2, 0.25) is 0 Å². The van der Waals surface area contributed by atoms with E-state index in [0.29, 0.717) is 32.1 Å². The maximum atomic E-state index is 14.4. The highest BCUT2D eigenvalue weighted by molar-refractivity contribution is 6.14. The number of esters is 4. The maximum absolute atomic E-state index is 14.4. The Morgan fingerprint density at radius 1 is 0.351 bits per heavy atom. The largest absolute Gasteiger partial charge is 0.393 e. The number of ether oxygens (including phenoxy) is 2. The van der Waals surface area contributed by atoms with Crippen molar-refractivity contribution >= 4 is 35.4 Å². The first-order valence-electron chi connectivity index (χ1n) is 31.0. The molecule has 0 spiro atoms. The normalized spacial score (nSPS) is 13.1. The number of hydrogen-bond acceptors (Lipinski definition) is 9. The second-order valence-corrected chi connectivity index (χ2v) is 21.2. The molecule has 0 fully saturated rings. The van der Waals surface area contributed by atoms with E-state index in [-0.39, 0.29) is 25.7 Å². The lowest BCUT2D eigenvalue weighted by Crippen LogP contribution is -2.63. The topological polar surface area (TPSA) is 147 Å². The molecule has 0 amide bonds. The van der Waals surface area contributed by atoms with E-state index in [1.54, 1.807) is 0 Å². The molecule has 2 N–H and O–H groups in total. The third-order valence-corrected chi connectivity index (χ3v) is 14.2. The summed E-state index contributed by atoms with van der Waals surface area (Å²) < 4.78 is 10.6. The number of nitrogens with two attached hydrogens (primary N) is 1. The number of unbranched alkanes of at least 4 members (excludes halogenated alkanes) is 32. The van der Waals surface area contributed by atoms with Crippen LogP contribution in [0.15, 0.2) is 48.6 Å². The fraction of sp³-hybridized carbons (Fsp3) is 0.785. The average molecular weight is 1040 g/mol. The van der Waals surface area contributed by atoms with E-state index < -0.39 is 53.3 Å². The van der Waals surface area contributed by atoms with Crippen molar-refractivity contribution < 1.29 is 38.2 Å². The molecule has 2 atom stereocenters. The number of carbonyl (C=O) groups is 6. The average Bonchev–Trinajstić information content (AvgIpc) is 3.38. The zero-order valence-corrected chi connectivity index (χ0v) is 48.4. The summed E-state index contributed by atoms with van der Waals surface area (Å²) in [6.45, 7) is 8.82. The van der Waals surface area contributed by atoms with Gasteiger partial charge >= 0.3 is 23.9 Å². The van der Waals surface area contributed by atoms with Crippen LogP contribution in [-0.4, -0.2) is 41.0 Å². The van der Waals surface area contributed by atoms with E-state index in [0.717, 1.165) is 135 Å². The lowest BCUT2D eigenvalue weighted by molar-refractivity contribution is -0.169. The van der Waals surface area contributed by atoms with E-state index in [1.807, 2.05) is 0 Å². The molecule has 0 aromatic heterocycles. The zero-order valence-electron chi connectivity index (χ0n) is 48.4. The molecule has 9 heteroatoms. The van der Waals surface area contributed by atoms with Crippen molar-refractivity contribution in [3.05, 3.63) is 48.6 Å². The van der Waals surface area contributed by atoms with Gasteiger partial charge in [0.05, 0.1) is 12.3 Å². The molecule has 0 saturated heterocycles. The lowest BCUT2D eigenvalue weighted by atomic mass is 9.74. The number of ketones is 2. The van der Waals surface area contributed by atoms with Crippen LogP contribution >= 0.6 is 0 Å². The fourth-order valence-electron chi connectivity index (χ4n) is 9.35. The number of Topliss-reactive ketones (excluding diaryl/α,β-unsaturated/α-hetero) is 2. The Kier molecular flexibility index (Phi) is 50.5. The molecule has 0 bridgehead atoms. The highest BCUT2D eigenvalue weighted by Crippen LogP contribution is 2.29. The van der Waals surface area contributed by atoms with Gasteiger partial charge in [-0.05, 0) is 89.9 Å². The van der Waals surface area contributed by atoms with Crippen molar-refractivity contribution in [3.63, 3.8) is 0 Å². The molecule has 426 valence electrons. The molecule has 0 rings (SSSR count). The first-order valence-corrected chi connectivity index (χ1v) is 31.0. The van der Waals surface area contributed by atoms with Crippen molar-refractivity contribution in [3.8, 4) is 0 Å². The molecule has 1 unspecified atom stereocenters. The van der Waals surface area contributed by atoms with Crippen LogP contribution in [0.5, 0.6) is 0 Å². The van der Waals surface area contributed by atoms with Crippen LogP contribution in [0.4, 0.5) is 0 Å². The Morgan fingerprint density at radius 3 is 1.04 bits per heavy atom. The molecule has 0 aliphatic rings. The Morgan fingerprint density at radius 2 is 0.649 bits per heavy atom. The Balaban J connectivity index is 5.90. The SMILES string of the molecule is CCCCC/C=C\C/C=C\CCCCCCCC(=O)C(CC(=O)OC(=O)CCCCCCCCCCC)[C@@](N)(C(=O)CCCCCCC/C=C\C/C=C\CCCCC)C(=O)OC(=O)CCCCCCCCCCC. The minimum atomic E-state index is -2.60. The van der Waals surface area contributed by atoms with Crippen molar-refractivity contribution in [1.82, 2.24) is 0 Å². The van der Waals surface area contributed by atoms with Crippen LogP contribution < -0.4 is 5.73 Å². The molecular formula is C65H113NO8. The van der Waals surface area contributed by atoms with Gasteiger partial charge in [-0.1, -0.05) is 243 Å².